The summed E-state index contributed by atoms with van der Waals surface area (Å²) in [5.41, 5.74) is 0.518. The summed E-state index contributed by atoms with van der Waals surface area (Å²) >= 11 is 0. The summed E-state index contributed by atoms with van der Waals surface area (Å²) in [6, 6.07) is 6.42. The third-order valence-electron chi connectivity index (χ3n) is 2.75. The number of hydrogen-bond acceptors (Lipinski definition) is 4. The Hall–Kier alpha value is -2.96. The van der Waals surface area contributed by atoms with Crippen molar-refractivity contribution in [2.45, 2.75) is 12.8 Å². The van der Waals surface area contributed by atoms with Gasteiger partial charge < -0.3 is 10.4 Å². The lowest BCUT2D eigenvalue weighted by molar-refractivity contribution is -0.138. The second-order valence-corrected chi connectivity index (χ2v) is 4.30. The molecule has 0 saturated heterocycles. The van der Waals surface area contributed by atoms with Crippen molar-refractivity contribution in [2.75, 3.05) is 5.32 Å². The van der Waals surface area contributed by atoms with E-state index in [-0.39, 0.29) is 12.8 Å². The predicted molar refractivity (Wildman–Crippen MR) is 75.8 cm³/mol. The topological polar surface area (TPSA) is 108 Å². The number of carbonyl (C=O) groups is 3. The van der Waals surface area contributed by atoms with Crippen molar-refractivity contribution in [3.63, 3.8) is 0 Å². The summed E-state index contributed by atoms with van der Waals surface area (Å²) in [4.78, 5) is 37.4. The van der Waals surface area contributed by atoms with E-state index < -0.39 is 17.9 Å². The maximum atomic E-state index is 11.7. The zero-order chi connectivity index (χ0) is 15.2. The highest BCUT2D eigenvalue weighted by atomic mass is 16.4. The van der Waals surface area contributed by atoms with Crippen LogP contribution >= 0.6 is 0 Å². The first kappa shape index (κ1) is 14.4. The molecule has 0 spiro atoms. The van der Waals surface area contributed by atoms with E-state index in [0.717, 1.165) is 10.8 Å². The van der Waals surface area contributed by atoms with E-state index in [9.17, 15) is 14.4 Å². The maximum absolute atomic E-state index is 11.7. The Bertz CT molecular complexity index is 694. The number of nitrogens with zero attached hydrogens (tertiary/aromatic N) is 1. The van der Waals surface area contributed by atoms with E-state index in [4.69, 9.17) is 5.11 Å². The van der Waals surface area contributed by atoms with Crippen LogP contribution in [0.4, 0.5) is 10.5 Å². The van der Waals surface area contributed by atoms with Crippen LogP contribution in [0.2, 0.25) is 0 Å². The number of fused-ring (bicyclic) bond motifs is 1. The van der Waals surface area contributed by atoms with Crippen LogP contribution in [0, 0.1) is 0 Å². The number of hydrogen-bond donors (Lipinski definition) is 3. The van der Waals surface area contributed by atoms with Crippen molar-refractivity contribution in [1.29, 1.82) is 0 Å². The third kappa shape index (κ3) is 4.00. The number of aliphatic carboxylic acids is 1. The van der Waals surface area contributed by atoms with Crippen molar-refractivity contribution in [1.82, 2.24) is 10.3 Å². The molecule has 0 bridgehead atoms. The van der Waals surface area contributed by atoms with Gasteiger partial charge in [-0.15, -0.1) is 0 Å². The highest BCUT2D eigenvalue weighted by molar-refractivity contribution is 6.06. The standard InChI is InChI=1S/C14H13N3O4/c18-12(4-5-13(19)20)17-14(21)16-11-3-1-2-9-6-7-15-8-10(9)11/h1-3,6-8H,4-5H2,(H,19,20)(H2,16,17,18,21). The number of carboxylic acids is 1. The molecule has 0 unspecified atom stereocenters. The fourth-order valence-corrected chi connectivity index (χ4v) is 1.79. The van der Waals surface area contributed by atoms with Gasteiger partial charge in [-0.2, -0.15) is 0 Å². The highest BCUT2D eigenvalue weighted by Crippen LogP contribution is 2.21. The van der Waals surface area contributed by atoms with Crippen LogP contribution in [0.15, 0.2) is 36.7 Å². The summed E-state index contributed by atoms with van der Waals surface area (Å²) < 4.78 is 0. The minimum Gasteiger partial charge on any atom is -0.481 e. The van der Waals surface area contributed by atoms with E-state index in [1.165, 1.54) is 0 Å². The molecule has 1 heterocycles. The number of benzene rings is 1. The monoisotopic (exact) mass is 287 g/mol. The molecule has 0 fully saturated rings. The fourth-order valence-electron chi connectivity index (χ4n) is 1.79. The number of rotatable bonds is 4. The van der Waals surface area contributed by atoms with E-state index in [0.29, 0.717) is 5.69 Å². The first-order valence-corrected chi connectivity index (χ1v) is 6.21. The van der Waals surface area contributed by atoms with Crippen molar-refractivity contribution in [2.24, 2.45) is 0 Å². The molecule has 0 atom stereocenters. The van der Waals surface area contributed by atoms with Crippen LogP contribution in [-0.4, -0.2) is 28.0 Å². The number of urea groups is 1. The fraction of sp³-hybridized carbons (Fsp3) is 0.143. The van der Waals surface area contributed by atoms with Crippen LogP contribution in [0.25, 0.3) is 10.8 Å². The van der Waals surface area contributed by atoms with Gasteiger partial charge in [-0.3, -0.25) is 19.9 Å². The quantitative estimate of drug-likeness (QED) is 0.793. The molecule has 2 rings (SSSR count). The molecule has 3 N–H and O–H groups in total. The van der Waals surface area contributed by atoms with Gasteiger partial charge in [-0.05, 0) is 17.5 Å². The second kappa shape index (κ2) is 6.47. The van der Waals surface area contributed by atoms with E-state index in [2.05, 4.69) is 15.6 Å². The maximum Gasteiger partial charge on any atom is 0.325 e. The Morgan fingerprint density at radius 3 is 2.71 bits per heavy atom. The van der Waals surface area contributed by atoms with Gasteiger partial charge in [0.2, 0.25) is 5.91 Å². The van der Waals surface area contributed by atoms with Gasteiger partial charge in [0.25, 0.3) is 0 Å². The van der Waals surface area contributed by atoms with Gasteiger partial charge in [-0.1, -0.05) is 12.1 Å². The van der Waals surface area contributed by atoms with E-state index in [1.807, 2.05) is 6.07 Å². The Kier molecular flexibility index (Phi) is 4.45. The number of carbonyl (C=O) groups excluding carboxylic acids is 2. The SMILES string of the molecule is O=C(O)CCC(=O)NC(=O)Nc1cccc2ccncc12. The Balaban J connectivity index is 2.02. The lowest BCUT2D eigenvalue weighted by Gasteiger charge is -2.08. The number of carboxylic acid groups (broad SMARTS) is 1. The van der Waals surface area contributed by atoms with Gasteiger partial charge >= 0.3 is 12.0 Å². The van der Waals surface area contributed by atoms with Crippen LogP contribution < -0.4 is 10.6 Å². The molecule has 7 nitrogen and oxygen atoms in total. The first-order chi connectivity index (χ1) is 10.1. The number of amides is 3. The summed E-state index contributed by atoms with van der Waals surface area (Å²) in [6.07, 6.45) is 2.68. The molecule has 2 aromatic rings. The molecule has 1 aromatic carbocycles. The number of anilines is 1. The number of nitrogens with one attached hydrogen (secondary N) is 2. The lowest BCUT2D eigenvalue weighted by atomic mass is 10.1. The predicted octanol–water partition coefficient (Wildman–Crippen LogP) is 1.75. The lowest BCUT2D eigenvalue weighted by Crippen LogP contribution is -2.34. The average Bonchev–Trinajstić information content (AvgIpc) is 2.45. The van der Waals surface area contributed by atoms with Gasteiger partial charge in [0.15, 0.2) is 0 Å². The smallest absolute Gasteiger partial charge is 0.325 e. The van der Waals surface area contributed by atoms with E-state index in [1.54, 1.807) is 30.6 Å². The third-order valence-corrected chi connectivity index (χ3v) is 2.75. The molecule has 1 aromatic heterocycles. The minimum absolute atomic E-state index is 0.250. The van der Waals surface area contributed by atoms with Crippen molar-refractivity contribution >= 4 is 34.4 Å². The van der Waals surface area contributed by atoms with Gasteiger partial charge in [0.05, 0.1) is 12.1 Å². The summed E-state index contributed by atoms with van der Waals surface area (Å²) in [5.74, 6) is -1.74. The Morgan fingerprint density at radius 1 is 1.14 bits per heavy atom. The number of pyridine rings is 1. The van der Waals surface area contributed by atoms with Crippen LogP contribution in [0.1, 0.15) is 12.8 Å². The molecule has 3 amide bonds. The molecule has 0 radical (unpaired) electrons. The molecule has 7 heteroatoms. The van der Waals surface area contributed by atoms with Crippen molar-refractivity contribution in [3.05, 3.63) is 36.7 Å². The highest BCUT2D eigenvalue weighted by Gasteiger charge is 2.11. The molecular weight excluding hydrogens is 274 g/mol. The number of aromatic nitrogens is 1. The number of imide groups is 1. The average molecular weight is 287 g/mol. The van der Waals surface area contributed by atoms with Crippen LogP contribution in [0.5, 0.6) is 0 Å². The molecule has 0 aliphatic heterocycles. The zero-order valence-electron chi connectivity index (χ0n) is 11.0. The van der Waals surface area contributed by atoms with Crippen LogP contribution in [0.3, 0.4) is 0 Å². The van der Waals surface area contributed by atoms with Gasteiger partial charge in [-0.25, -0.2) is 4.79 Å². The normalized spacial score (nSPS) is 10.1. The molecule has 21 heavy (non-hydrogen) atoms. The molecule has 0 saturated carbocycles. The molecule has 0 aliphatic carbocycles. The summed E-state index contributed by atoms with van der Waals surface area (Å²) in [7, 11) is 0. The Morgan fingerprint density at radius 2 is 1.95 bits per heavy atom. The zero-order valence-corrected chi connectivity index (χ0v) is 11.0. The second-order valence-electron chi connectivity index (χ2n) is 4.30. The molecule has 0 aliphatic rings. The Labute approximate surface area is 120 Å². The van der Waals surface area contributed by atoms with Crippen LogP contribution in [-0.2, 0) is 9.59 Å². The first-order valence-electron chi connectivity index (χ1n) is 6.21. The summed E-state index contributed by atoms with van der Waals surface area (Å²) in [5, 5.41) is 14.7. The van der Waals surface area contributed by atoms with Gasteiger partial charge in [0, 0.05) is 24.2 Å². The van der Waals surface area contributed by atoms with Gasteiger partial charge in [0.1, 0.15) is 0 Å². The van der Waals surface area contributed by atoms with E-state index >= 15 is 0 Å². The molecule has 108 valence electrons. The van der Waals surface area contributed by atoms with Crippen molar-refractivity contribution in [3.8, 4) is 0 Å². The molecular formula is C14H13N3O4. The minimum atomic E-state index is -1.09. The summed E-state index contributed by atoms with van der Waals surface area (Å²) in [6.45, 7) is 0. The largest absolute Gasteiger partial charge is 0.481 e. The van der Waals surface area contributed by atoms with Crippen molar-refractivity contribution < 1.29 is 19.5 Å².